The van der Waals surface area contributed by atoms with Crippen molar-refractivity contribution in [1.29, 1.82) is 0 Å². The van der Waals surface area contributed by atoms with Crippen molar-refractivity contribution in [2.24, 2.45) is 0 Å². The monoisotopic (exact) mass is 322 g/mol. The Bertz CT molecular complexity index is 496. The molecule has 0 unspecified atom stereocenters. The van der Waals surface area contributed by atoms with Crippen LogP contribution in [0.5, 0.6) is 0 Å². The molecule has 0 aliphatic carbocycles. The van der Waals surface area contributed by atoms with E-state index < -0.39 is 33.7 Å². The molecule has 21 heavy (non-hydrogen) atoms. The summed E-state index contributed by atoms with van der Waals surface area (Å²) in [5.74, 6) is -1.02. The molecule has 1 rings (SSSR count). The van der Waals surface area contributed by atoms with Crippen molar-refractivity contribution in [2.45, 2.75) is 52.2 Å². The standard InChI is InChI=1S/C12H22N2O6S/c1-5-21(17,18)13-20-10(15)9-7-6-8-14(9)11(16)19-12(2,3)4/h9,13H,5-8H2,1-4H3/t9-/m0/s1. The minimum Gasteiger partial charge on any atom is -0.444 e. The van der Waals surface area contributed by atoms with E-state index in [1.807, 2.05) is 0 Å². The van der Waals surface area contributed by atoms with E-state index in [9.17, 15) is 18.0 Å². The summed E-state index contributed by atoms with van der Waals surface area (Å²) >= 11 is 0. The van der Waals surface area contributed by atoms with Crippen molar-refractivity contribution >= 4 is 22.1 Å². The van der Waals surface area contributed by atoms with Crippen LogP contribution in [0.4, 0.5) is 4.79 Å². The summed E-state index contributed by atoms with van der Waals surface area (Å²) in [7, 11) is -3.64. The number of carbonyl (C=O) groups excluding carboxylic acids is 2. The maximum absolute atomic E-state index is 12.0. The lowest BCUT2D eigenvalue weighted by atomic mass is 10.2. The van der Waals surface area contributed by atoms with E-state index >= 15 is 0 Å². The SMILES string of the molecule is CCS(=O)(=O)NOC(=O)[C@@H]1CCCN1C(=O)OC(C)(C)C. The Labute approximate surface area is 124 Å². The van der Waals surface area contributed by atoms with Crippen molar-refractivity contribution in [3.63, 3.8) is 0 Å². The van der Waals surface area contributed by atoms with Gasteiger partial charge in [0.15, 0.2) is 0 Å². The van der Waals surface area contributed by atoms with Gasteiger partial charge < -0.3 is 9.57 Å². The van der Waals surface area contributed by atoms with Crippen LogP contribution in [0.2, 0.25) is 0 Å². The van der Waals surface area contributed by atoms with E-state index in [0.717, 1.165) is 0 Å². The highest BCUT2D eigenvalue weighted by molar-refractivity contribution is 7.89. The van der Waals surface area contributed by atoms with E-state index in [-0.39, 0.29) is 5.75 Å². The Morgan fingerprint density at radius 1 is 1.33 bits per heavy atom. The lowest BCUT2D eigenvalue weighted by Crippen LogP contribution is -2.45. The molecule has 8 nitrogen and oxygen atoms in total. The fraction of sp³-hybridized carbons (Fsp3) is 0.833. The van der Waals surface area contributed by atoms with Crippen molar-refractivity contribution in [1.82, 2.24) is 9.79 Å². The third-order valence-corrected chi connectivity index (χ3v) is 3.90. The average molecular weight is 322 g/mol. The summed E-state index contributed by atoms with van der Waals surface area (Å²) in [6.45, 7) is 6.96. The van der Waals surface area contributed by atoms with Gasteiger partial charge in [-0.3, -0.25) is 4.90 Å². The number of amides is 1. The molecule has 0 saturated carbocycles. The number of rotatable bonds is 4. The topological polar surface area (TPSA) is 102 Å². The van der Waals surface area contributed by atoms with Crippen LogP contribution >= 0.6 is 0 Å². The zero-order valence-electron chi connectivity index (χ0n) is 12.7. The van der Waals surface area contributed by atoms with Crippen LogP contribution in [0.15, 0.2) is 0 Å². The molecule has 122 valence electrons. The average Bonchev–Trinajstić information content (AvgIpc) is 2.83. The summed E-state index contributed by atoms with van der Waals surface area (Å²) in [5, 5.41) is 0. The normalized spacial score (nSPS) is 19.4. The molecule has 1 aliphatic rings. The van der Waals surface area contributed by atoms with Gasteiger partial charge in [0.25, 0.3) is 0 Å². The van der Waals surface area contributed by atoms with Gasteiger partial charge in [0.1, 0.15) is 11.6 Å². The van der Waals surface area contributed by atoms with Crippen molar-refractivity contribution in [3.05, 3.63) is 0 Å². The third kappa shape index (κ3) is 5.50. The van der Waals surface area contributed by atoms with Crippen LogP contribution in [-0.4, -0.2) is 49.3 Å². The summed E-state index contributed by atoms with van der Waals surface area (Å²) in [6, 6.07) is -0.834. The fourth-order valence-electron chi connectivity index (χ4n) is 1.78. The maximum atomic E-state index is 12.0. The molecule has 1 atom stereocenters. The molecule has 0 spiro atoms. The van der Waals surface area contributed by atoms with Crippen LogP contribution in [-0.2, 0) is 24.4 Å². The zero-order valence-corrected chi connectivity index (χ0v) is 13.5. The van der Waals surface area contributed by atoms with Gasteiger partial charge in [-0.15, -0.1) is 0 Å². The third-order valence-electron chi connectivity index (χ3n) is 2.80. The lowest BCUT2D eigenvalue weighted by Gasteiger charge is -2.27. The van der Waals surface area contributed by atoms with E-state index in [1.54, 1.807) is 25.7 Å². The van der Waals surface area contributed by atoms with Gasteiger partial charge in [-0.25, -0.2) is 18.0 Å². The number of carbonyl (C=O) groups is 2. The minimum atomic E-state index is -3.64. The van der Waals surface area contributed by atoms with Crippen LogP contribution in [0.3, 0.4) is 0 Å². The first kappa shape index (κ1) is 17.7. The van der Waals surface area contributed by atoms with Gasteiger partial charge in [-0.05, 0) is 45.4 Å². The number of nitrogens with zero attached hydrogens (tertiary/aromatic N) is 1. The Morgan fingerprint density at radius 2 is 1.95 bits per heavy atom. The Balaban J connectivity index is 2.64. The number of ether oxygens (including phenoxy) is 1. The van der Waals surface area contributed by atoms with Crippen molar-refractivity contribution in [2.75, 3.05) is 12.3 Å². The summed E-state index contributed by atoms with van der Waals surface area (Å²) in [5.41, 5.74) is -0.669. The van der Waals surface area contributed by atoms with Gasteiger partial charge in [0.05, 0.1) is 5.75 Å². The first-order chi connectivity index (χ1) is 9.56. The van der Waals surface area contributed by atoms with Crippen molar-refractivity contribution in [3.8, 4) is 0 Å². The molecule has 9 heteroatoms. The number of hydrogen-bond donors (Lipinski definition) is 1. The molecule has 0 aromatic rings. The molecule has 1 saturated heterocycles. The lowest BCUT2D eigenvalue weighted by molar-refractivity contribution is -0.152. The molecule has 1 aliphatic heterocycles. The first-order valence-electron chi connectivity index (χ1n) is 6.75. The predicted octanol–water partition coefficient (Wildman–Crippen LogP) is 0.783. The maximum Gasteiger partial charge on any atom is 0.411 e. The van der Waals surface area contributed by atoms with Crippen LogP contribution in [0.25, 0.3) is 0 Å². The van der Waals surface area contributed by atoms with E-state index in [4.69, 9.17) is 4.74 Å². The van der Waals surface area contributed by atoms with Gasteiger partial charge in [0.2, 0.25) is 10.0 Å². The summed E-state index contributed by atoms with van der Waals surface area (Å²) < 4.78 is 27.7. The molecule has 1 heterocycles. The molecule has 0 radical (unpaired) electrons. The van der Waals surface area contributed by atoms with Gasteiger partial charge in [-0.2, -0.15) is 0 Å². The molecule has 0 aromatic carbocycles. The molecule has 1 N–H and O–H groups in total. The largest absolute Gasteiger partial charge is 0.444 e. The van der Waals surface area contributed by atoms with Gasteiger partial charge in [0, 0.05) is 6.54 Å². The van der Waals surface area contributed by atoms with E-state index in [2.05, 4.69) is 4.84 Å². The smallest absolute Gasteiger partial charge is 0.411 e. The predicted molar refractivity (Wildman–Crippen MR) is 74.7 cm³/mol. The highest BCUT2D eigenvalue weighted by Crippen LogP contribution is 2.21. The molecule has 0 aromatic heterocycles. The van der Waals surface area contributed by atoms with Gasteiger partial charge >= 0.3 is 12.1 Å². The summed E-state index contributed by atoms with van der Waals surface area (Å²) in [4.78, 5) is 31.4. The quantitative estimate of drug-likeness (QED) is 0.768. The van der Waals surface area contributed by atoms with E-state index in [0.29, 0.717) is 19.4 Å². The second-order valence-corrected chi connectivity index (χ2v) is 7.71. The Kier molecular flexibility index (Phi) is 5.57. The molecular weight excluding hydrogens is 300 g/mol. The fourth-order valence-corrected chi connectivity index (χ4v) is 2.11. The second kappa shape index (κ2) is 6.61. The molecule has 0 bridgehead atoms. The van der Waals surface area contributed by atoms with Crippen LogP contribution < -0.4 is 4.89 Å². The number of nitrogens with one attached hydrogen (secondary N) is 1. The number of hydrogen-bond acceptors (Lipinski definition) is 6. The molecule has 1 amide bonds. The molecular formula is C12H22N2O6S. The molecule has 1 fully saturated rings. The van der Waals surface area contributed by atoms with Crippen LogP contribution in [0, 0.1) is 0 Å². The number of likely N-dealkylation sites (tertiary alicyclic amines) is 1. The highest BCUT2D eigenvalue weighted by Gasteiger charge is 2.38. The summed E-state index contributed by atoms with van der Waals surface area (Å²) in [6.07, 6.45) is 0.422. The van der Waals surface area contributed by atoms with Crippen LogP contribution in [0.1, 0.15) is 40.5 Å². The Hall–Kier alpha value is -1.35. The number of sulfonamides is 1. The minimum absolute atomic E-state index is 0.208. The van der Waals surface area contributed by atoms with Gasteiger partial charge in [-0.1, -0.05) is 0 Å². The van der Waals surface area contributed by atoms with Crippen molar-refractivity contribution < 1.29 is 27.6 Å². The first-order valence-corrected chi connectivity index (χ1v) is 8.41. The Morgan fingerprint density at radius 3 is 2.48 bits per heavy atom. The highest BCUT2D eigenvalue weighted by atomic mass is 32.2. The van der Waals surface area contributed by atoms with E-state index in [1.165, 1.54) is 11.8 Å². The zero-order chi connectivity index (χ0) is 16.3. The second-order valence-electron chi connectivity index (χ2n) is 5.74.